The van der Waals surface area contributed by atoms with Crippen molar-refractivity contribution in [1.82, 2.24) is 8.61 Å². The Hall–Kier alpha value is -2.47. The Kier molecular flexibility index (Phi) is 7.80. The Morgan fingerprint density at radius 2 is 1.51 bits per heavy atom. The van der Waals surface area contributed by atoms with Crippen molar-refractivity contribution in [1.29, 1.82) is 0 Å². The zero-order valence-corrected chi connectivity index (χ0v) is 21.4. The van der Waals surface area contributed by atoms with E-state index in [1.165, 1.54) is 46.1 Å². The summed E-state index contributed by atoms with van der Waals surface area (Å²) in [5.74, 6) is -0.612. The second-order valence-electron chi connectivity index (χ2n) is 8.83. The molecule has 1 N–H and O–H groups in total. The standard InChI is InChI=1S/C24H31N3O6S2/c1-33-23-13-12-21(35(31,32)26-14-6-3-7-15-26)17-22(23)25-24(28)19-9-8-16-27(18-19)34(29,30)20-10-4-2-5-11-20/h2,4-5,10-13,17,19H,3,6-9,14-16,18H2,1H3,(H,25,28)/t19-/m0/s1. The fourth-order valence-electron chi connectivity index (χ4n) is 4.55. The van der Waals surface area contributed by atoms with E-state index < -0.39 is 26.0 Å². The lowest BCUT2D eigenvalue weighted by molar-refractivity contribution is -0.120. The van der Waals surface area contributed by atoms with Gasteiger partial charge in [0.1, 0.15) is 5.75 Å². The van der Waals surface area contributed by atoms with Crippen molar-refractivity contribution in [2.75, 3.05) is 38.6 Å². The molecule has 0 saturated carbocycles. The van der Waals surface area contributed by atoms with Gasteiger partial charge in [0, 0.05) is 26.2 Å². The van der Waals surface area contributed by atoms with Gasteiger partial charge in [0.05, 0.1) is 28.5 Å². The molecule has 2 aliphatic rings. The summed E-state index contributed by atoms with van der Waals surface area (Å²) in [4.78, 5) is 13.4. The number of sulfonamides is 2. The van der Waals surface area contributed by atoms with Crippen LogP contribution >= 0.6 is 0 Å². The Balaban J connectivity index is 1.52. The third-order valence-corrected chi connectivity index (χ3v) is 10.3. The van der Waals surface area contributed by atoms with Crippen molar-refractivity contribution < 1.29 is 26.4 Å². The fraction of sp³-hybridized carbons (Fsp3) is 0.458. The van der Waals surface area contributed by atoms with Gasteiger partial charge in [-0.15, -0.1) is 0 Å². The number of benzene rings is 2. The highest BCUT2D eigenvalue weighted by atomic mass is 32.2. The van der Waals surface area contributed by atoms with E-state index in [-0.39, 0.29) is 27.9 Å². The average molecular weight is 522 g/mol. The summed E-state index contributed by atoms with van der Waals surface area (Å²) in [6.07, 6.45) is 3.73. The lowest BCUT2D eigenvalue weighted by Gasteiger charge is -2.31. The van der Waals surface area contributed by atoms with Gasteiger partial charge in [0.15, 0.2) is 0 Å². The molecule has 2 aliphatic heterocycles. The summed E-state index contributed by atoms with van der Waals surface area (Å²) < 4.78 is 60.4. The topological polar surface area (TPSA) is 113 Å². The number of nitrogens with one attached hydrogen (secondary N) is 1. The number of anilines is 1. The van der Waals surface area contributed by atoms with Crippen LogP contribution in [0.5, 0.6) is 5.75 Å². The van der Waals surface area contributed by atoms with Crippen molar-refractivity contribution in [2.45, 2.75) is 41.9 Å². The zero-order chi connectivity index (χ0) is 25.1. The van der Waals surface area contributed by atoms with Crippen LogP contribution in [0, 0.1) is 5.92 Å². The van der Waals surface area contributed by atoms with E-state index in [1.807, 2.05) is 0 Å². The second kappa shape index (κ2) is 10.7. The number of carbonyl (C=O) groups excluding carboxylic acids is 1. The van der Waals surface area contributed by atoms with Crippen molar-refractivity contribution in [3.63, 3.8) is 0 Å². The maximum absolute atomic E-state index is 13.2. The third kappa shape index (κ3) is 5.53. The first-order valence-electron chi connectivity index (χ1n) is 11.8. The smallest absolute Gasteiger partial charge is 0.243 e. The number of piperidine rings is 2. The van der Waals surface area contributed by atoms with Crippen LogP contribution in [0.15, 0.2) is 58.3 Å². The molecule has 2 fully saturated rings. The predicted molar refractivity (Wildman–Crippen MR) is 132 cm³/mol. The van der Waals surface area contributed by atoms with Crippen LogP contribution in [0.25, 0.3) is 0 Å². The van der Waals surface area contributed by atoms with Gasteiger partial charge in [-0.25, -0.2) is 16.8 Å². The molecule has 2 aromatic carbocycles. The molecular weight excluding hydrogens is 490 g/mol. The maximum Gasteiger partial charge on any atom is 0.243 e. The lowest BCUT2D eigenvalue weighted by atomic mass is 9.98. The number of hydrogen-bond acceptors (Lipinski definition) is 6. The number of carbonyl (C=O) groups is 1. The van der Waals surface area contributed by atoms with Crippen LogP contribution in [0.4, 0.5) is 5.69 Å². The monoisotopic (exact) mass is 521 g/mol. The Morgan fingerprint density at radius 1 is 0.857 bits per heavy atom. The molecule has 2 saturated heterocycles. The molecule has 1 amide bonds. The van der Waals surface area contributed by atoms with Crippen molar-refractivity contribution in [3.05, 3.63) is 48.5 Å². The number of amides is 1. The van der Waals surface area contributed by atoms with Crippen molar-refractivity contribution in [3.8, 4) is 5.75 Å². The zero-order valence-electron chi connectivity index (χ0n) is 19.7. The average Bonchev–Trinajstić information content (AvgIpc) is 2.89. The predicted octanol–water partition coefficient (Wildman–Crippen LogP) is 2.91. The first kappa shape index (κ1) is 25.6. The summed E-state index contributed by atoms with van der Waals surface area (Å²) in [6, 6.07) is 12.6. The molecule has 11 heteroatoms. The summed E-state index contributed by atoms with van der Waals surface area (Å²) in [7, 11) is -5.96. The lowest BCUT2D eigenvalue weighted by Crippen LogP contribution is -2.43. The number of nitrogens with zero attached hydrogens (tertiary/aromatic N) is 2. The van der Waals surface area contributed by atoms with Gasteiger partial charge in [-0.1, -0.05) is 24.6 Å². The molecular formula is C24H31N3O6S2. The van der Waals surface area contributed by atoms with Crippen LogP contribution in [-0.4, -0.2) is 64.6 Å². The minimum absolute atomic E-state index is 0.0527. The minimum Gasteiger partial charge on any atom is -0.495 e. The third-order valence-electron chi connectivity index (χ3n) is 6.52. The normalized spacial score (nSPS) is 20.3. The van der Waals surface area contributed by atoms with Gasteiger partial charge in [-0.2, -0.15) is 8.61 Å². The molecule has 9 nitrogen and oxygen atoms in total. The van der Waals surface area contributed by atoms with E-state index in [4.69, 9.17) is 4.74 Å². The Morgan fingerprint density at radius 3 is 2.20 bits per heavy atom. The quantitative estimate of drug-likeness (QED) is 0.600. The van der Waals surface area contributed by atoms with Crippen LogP contribution in [0.3, 0.4) is 0 Å². The minimum atomic E-state index is -3.71. The van der Waals surface area contributed by atoms with Crippen LogP contribution in [0.1, 0.15) is 32.1 Å². The molecule has 190 valence electrons. The molecule has 1 atom stereocenters. The SMILES string of the molecule is COc1ccc(S(=O)(=O)N2CCCCC2)cc1NC(=O)[C@H]1CCCN(S(=O)(=O)c2ccccc2)C1. The largest absolute Gasteiger partial charge is 0.495 e. The maximum atomic E-state index is 13.2. The number of methoxy groups -OCH3 is 1. The molecule has 4 rings (SSSR count). The molecule has 0 unspecified atom stereocenters. The highest BCUT2D eigenvalue weighted by Gasteiger charge is 2.34. The Labute approximate surface area is 207 Å². The van der Waals surface area contributed by atoms with Gasteiger partial charge >= 0.3 is 0 Å². The molecule has 2 heterocycles. The first-order valence-corrected chi connectivity index (χ1v) is 14.7. The molecule has 0 aromatic heterocycles. The number of rotatable bonds is 7. The van der Waals surface area contributed by atoms with Crippen molar-refractivity contribution >= 4 is 31.6 Å². The molecule has 0 radical (unpaired) electrons. The van der Waals surface area contributed by atoms with E-state index in [0.717, 1.165) is 19.3 Å². The summed E-state index contributed by atoms with van der Waals surface area (Å²) >= 11 is 0. The van der Waals surface area contributed by atoms with E-state index in [1.54, 1.807) is 18.2 Å². The van der Waals surface area contributed by atoms with Gasteiger partial charge in [-0.05, 0) is 56.0 Å². The first-order chi connectivity index (χ1) is 16.7. The number of hydrogen-bond donors (Lipinski definition) is 1. The van der Waals surface area contributed by atoms with Gasteiger partial charge in [0.2, 0.25) is 26.0 Å². The van der Waals surface area contributed by atoms with Crippen LogP contribution in [-0.2, 0) is 24.8 Å². The summed E-state index contributed by atoms with van der Waals surface area (Å²) in [5, 5.41) is 2.79. The van der Waals surface area contributed by atoms with Gasteiger partial charge in [0.25, 0.3) is 0 Å². The number of ether oxygens (including phenoxy) is 1. The van der Waals surface area contributed by atoms with Crippen LogP contribution in [0.2, 0.25) is 0 Å². The van der Waals surface area contributed by atoms with Gasteiger partial charge in [-0.3, -0.25) is 4.79 Å². The summed E-state index contributed by atoms with van der Waals surface area (Å²) in [5.41, 5.74) is 0.249. The molecule has 2 aromatic rings. The van der Waals surface area contributed by atoms with E-state index in [2.05, 4.69) is 5.32 Å². The Bertz CT molecular complexity index is 1260. The molecule has 0 aliphatic carbocycles. The second-order valence-corrected chi connectivity index (χ2v) is 12.7. The molecule has 35 heavy (non-hydrogen) atoms. The van der Waals surface area contributed by atoms with Crippen LogP contribution < -0.4 is 10.1 Å². The molecule has 0 spiro atoms. The fourth-order valence-corrected chi connectivity index (χ4v) is 7.64. The van der Waals surface area contributed by atoms with E-state index >= 15 is 0 Å². The van der Waals surface area contributed by atoms with E-state index in [9.17, 15) is 21.6 Å². The summed E-state index contributed by atoms with van der Waals surface area (Å²) in [6.45, 7) is 1.35. The highest BCUT2D eigenvalue weighted by molar-refractivity contribution is 7.89. The molecule has 0 bridgehead atoms. The van der Waals surface area contributed by atoms with E-state index in [0.29, 0.717) is 38.2 Å². The van der Waals surface area contributed by atoms with Crippen molar-refractivity contribution in [2.24, 2.45) is 5.92 Å². The highest BCUT2D eigenvalue weighted by Crippen LogP contribution is 2.31. The van der Waals surface area contributed by atoms with Gasteiger partial charge < -0.3 is 10.1 Å².